The molecular formula is C6H3FINO2. The van der Waals surface area contributed by atoms with Gasteiger partial charge in [0.05, 0.1) is 3.57 Å². The molecule has 0 aliphatic carbocycles. The zero-order chi connectivity index (χ0) is 8.43. The van der Waals surface area contributed by atoms with Crippen molar-refractivity contribution in [1.29, 1.82) is 0 Å². The Bertz CT molecular complexity index is 303. The van der Waals surface area contributed by atoms with Gasteiger partial charge in [0.25, 0.3) is 0 Å². The zero-order valence-electron chi connectivity index (χ0n) is 5.21. The number of hydrogen-bond donors (Lipinski definition) is 1. The van der Waals surface area contributed by atoms with Crippen LogP contribution < -0.4 is 0 Å². The second-order valence-electron chi connectivity index (χ2n) is 1.79. The molecule has 58 valence electrons. The molecule has 3 nitrogen and oxygen atoms in total. The van der Waals surface area contributed by atoms with Gasteiger partial charge in [-0.2, -0.15) is 0 Å². The standard InChI is InChI=1S/C6H3FINO2/c7-5-3(6(10)11)1-9-2-4(5)8/h1-2H,(H,10,11). The maximum Gasteiger partial charge on any atom is 0.340 e. The molecule has 0 saturated carbocycles. The molecule has 1 N–H and O–H groups in total. The number of hydrogen-bond acceptors (Lipinski definition) is 2. The average molecular weight is 267 g/mol. The predicted octanol–water partition coefficient (Wildman–Crippen LogP) is 1.52. The van der Waals surface area contributed by atoms with Crippen molar-refractivity contribution in [2.45, 2.75) is 0 Å². The highest BCUT2D eigenvalue weighted by Crippen LogP contribution is 2.12. The lowest BCUT2D eigenvalue weighted by atomic mass is 10.3. The summed E-state index contributed by atoms with van der Waals surface area (Å²) in [4.78, 5) is 13.8. The minimum atomic E-state index is -1.30. The SMILES string of the molecule is O=C(O)c1cncc(I)c1F. The van der Waals surface area contributed by atoms with Gasteiger partial charge in [-0.3, -0.25) is 4.98 Å². The van der Waals surface area contributed by atoms with Crippen LogP contribution in [0, 0.1) is 9.39 Å². The van der Waals surface area contributed by atoms with Crippen molar-refractivity contribution in [1.82, 2.24) is 4.98 Å². The lowest BCUT2D eigenvalue weighted by Gasteiger charge is -1.96. The van der Waals surface area contributed by atoms with E-state index in [0.29, 0.717) is 0 Å². The quantitative estimate of drug-likeness (QED) is 0.785. The molecule has 0 radical (unpaired) electrons. The highest BCUT2D eigenvalue weighted by molar-refractivity contribution is 14.1. The van der Waals surface area contributed by atoms with E-state index in [9.17, 15) is 9.18 Å². The van der Waals surface area contributed by atoms with Crippen molar-refractivity contribution in [3.63, 3.8) is 0 Å². The van der Waals surface area contributed by atoms with Crippen molar-refractivity contribution in [3.05, 3.63) is 27.3 Å². The Morgan fingerprint density at radius 1 is 1.64 bits per heavy atom. The molecule has 1 aromatic rings. The molecule has 0 amide bonds. The third-order valence-corrected chi connectivity index (χ3v) is 1.82. The van der Waals surface area contributed by atoms with Gasteiger partial charge in [0.1, 0.15) is 5.56 Å². The first-order valence-corrected chi connectivity index (χ1v) is 3.73. The van der Waals surface area contributed by atoms with Crippen LogP contribution in [0.1, 0.15) is 10.4 Å². The summed E-state index contributed by atoms with van der Waals surface area (Å²) < 4.78 is 13.0. The molecule has 1 aromatic heterocycles. The smallest absolute Gasteiger partial charge is 0.340 e. The van der Waals surface area contributed by atoms with Crippen LogP contribution in [0.15, 0.2) is 12.4 Å². The molecule has 5 heteroatoms. The molecule has 1 heterocycles. The van der Waals surface area contributed by atoms with Crippen LogP contribution in [0.4, 0.5) is 4.39 Å². The molecule has 11 heavy (non-hydrogen) atoms. The Labute approximate surface area is 75.4 Å². The van der Waals surface area contributed by atoms with Crippen LogP contribution in [0.3, 0.4) is 0 Å². The number of nitrogens with zero attached hydrogens (tertiary/aromatic N) is 1. The molecule has 0 saturated heterocycles. The summed E-state index contributed by atoms with van der Waals surface area (Å²) in [5.74, 6) is -2.03. The number of carbonyl (C=O) groups is 1. The fraction of sp³-hybridized carbons (Fsp3) is 0. The van der Waals surface area contributed by atoms with E-state index in [4.69, 9.17) is 5.11 Å². The second kappa shape index (κ2) is 3.12. The average Bonchev–Trinajstić information content (AvgIpc) is 1.94. The van der Waals surface area contributed by atoms with Crippen LogP contribution in [-0.4, -0.2) is 16.1 Å². The highest BCUT2D eigenvalue weighted by Gasteiger charge is 2.12. The summed E-state index contributed by atoms with van der Waals surface area (Å²) in [6.45, 7) is 0. The number of carboxylic acids is 1. The van der Waals surface area contributed by atoms with Gasteiger partial charge in [-0.15, -0.1) is 0 Å². The first-order chi connectivity index (χ1) is 5.13. The Morgan fingerprint density at radius 3 is 2.73 bits per heavy atom. The van der Waals surface area contributed by atoms with Gasteiger partial charge in [-0.1, -0.05) is 0 Å². The van der Waals surface area contributed by atoms with E-state index in [1.807, 2.05) is 0 Å². The Balaban J connectivity index is 3.27. The van der Waals surface area contributed by atoms with Gasteiger partial charge in [0.2, 0.25) is 0 Å². The molecule has 0 aliphatic rings. The Kier molecular flexibility index (Phi) is 2.38. The van der Waals surface area contributed by atoms with Gasteiger partial charge in [-0.05, 0) is 22.6 Å². The fourth-order valence-electron chi connectivity index (χ4n) is 0.568. The lowest BCUT2D eigenvalue weighted by molar-refractivity contribution is 0.0691. The fourth-order valence-corrected chi connectivity index (χ4v) is 1.02. The normalized spacial score (nSPS) is 9.64. The van der Waals surface area contributed by atoms with Gasteiger partial charge in [-0.25, -0.2) is 9.18 Å². The van der Waals surface area contributed by atoms with E-state index >= 15 is 0 Å². The van der Waals surface area contributed by atoms with Gasteiger partial charge >= 0.3 is 5.97 Å². The maximum absolute atomic E-state index is 12.8. The second-order valence-corrected chi connectivity index (χ2v) is 2.95. The molecule has 0 bridgehead atoms. The van der Waals surface area contributed by atoms with E-state index < -0.39 is 17.3 Å². The zero-order valence-corrected chi connectivity index (χ0v) is 7.37. The van der Waals surface area contributed by atoms with Crippen LogP contribution in [0.2, 0.25) is 0 Å². The Hall–Kier alpha value is -0.720. The van der Waals surface area contributed by atoms with Crippen LogP contribution in [0.5, 0.6) is 0 Å². The molecule has 0 aliphatic heterocycles. The maximum atomic E-state index is 12.8. The van der Waals surface area contributed by atoms with Crippen molar-refractivity contribution >= 4 is 28.6 Å². The monoisotopic (exact) mass is 267 g/mol. The van der Waals surface area contributed by atoms with E-state index in [0.717, 1.165) is 6.20 Å². The number of aromatic carboxylic acids is 1. The summed E-state index contributed by atoms with van der Waals surface area (Å²) in [5.41, 5.74) is -0.392. The first-order valence-electron chi connectivity index (χ1n) is 2.65. The lowest BCUT2D eigenvalue weighted by Crippen LogP contribution is -2.02. The summed E-state index contributed by atoms with van der Waals surface area (Å²) in [7, 11) is 0. The van der Waals surface area contributed by atoms with Crippen molar-refractivity contribution in [3.8, 4) is 0 Å². The minimum Gasteiger partial charge on any atom is -0.478 e. The third kappa shape index (κ3) is 1.65. The largest absolute Gasteiger partial charge is 0.478 e. The predicted molar refractivity (Wildman–Crippen MR) is 43.9 cm³/mol. The number of aromatic nitrogens is 1. The highest BCUT2D eigenvalue weighted by atomic mass is 127. The van der Waals surface area contributed by atoms with Gasteiger partial charge in [0.15, 0.2) is 5.82 Å². The first kappa shape index (κ1) is 8.38. The molecule has 0 atom stereocenters. The van der Waals surface area contributed by atoms with Gasteiger partial charge < -0.3 is 5.11 Å². The minimum absolute atomic E-state index is 0.211. The third-order valence-electron chi connectivity index (χ3n) is 1.07. The topological polar surface area (TPSA) is 50.2 Å². The van der Waals surface area contributed by atoms with Gasteiger partial charge in [0, 0.05) is 12.4 Å². The summed E-state index contributed by atoms with van der Waals surface area (Å²) in [6.07, 6.45) is 2.25. The Morgan fingerprint density at radius 2 is 2.27 bits per heavy atom. The van der Waals surface area contributed by atoms with E-state index in [1.54, 1.807) is 22.6 Å². The molecular weight excluding hydrogens is 264 g/mol. The molecule has 0 unspecified atom stereocenters. The number of rotatable bonds is 1. The van der Waals surface area contributed by atoms with Crippen LogP contribution >= 0.6 is 22.6 Å². The van der Waals surface area contributed by atoms with E-state index in [1.165, 1.54) is 6.20 Å². The summed E-state index contributed by atoms with van der Waals surface area (Å²) >= 11 is 1.68. The summed E-state index contributed by atoms with van der Waals surface area (Å²) in [6, 6.07) is 0. The van der Waals surface area contributed by atoms with Crippen molar-refractivity contribution in [2.75, 3.05) is 0 Å². The van der Waals surface area contributed by atoms with E-state index in [2.05, 4.69) is 4.98 Å². The molecule has 0 fully saturated rings. The molecule has 0 aromatic carbocycles. The number of carboxylic acid groups (broad SMARTS) is 1. The van der Waals surface area contributed by atoms with Crippen molar-refractivity contribution < 1.29 is 14.3 Å². The summed E-state index contributed by atoms with van der Waals surface area (Å²) in [5, 5.41) is 8.41. The van der Waals surface area contributed by atoms with Crippen LogP contribution in [0.25, 0.3) is 0 Å². The molecule has 0 spiro atoms. The van der Waals surface area contributed by atoms with E-state index in [-0.39, 0.29) is 3.57 Å². The number of halogens is 2. The molecule has 1 rings (SSSR count). The number of pyridine rings is 1. The van der Waals surface area contributed by atoms with Crippen molar-refractivity contribution in [2.24, 2.45) is 0 Å². The van der Waals surface area contributed by atoms with Crippen LogP contribution in [-0.2, 0) is 0 Å².